The molecule has 10 heteroatoms. The van der Waals surface area contributed by atoms with Crippen molar-refractivity contribution in [1.29, 1.82) is 0 Å². The van der Waals surface area contributed by atoms with Crippen LogP contribution in [-0.4, -0.2) is 62.4 Å². The van der Waals surface area contributed by atoms with Gasteiger partial charge in [-0.3, -0.25) is 4.79 Å². The molecule has 0 atom stereocenters. The van der Waals surface area contributed by atoms with E-state index in [1.807, 2.05) is 24.8 Å². The van der Waals surface area contributed by atoms with Gasteiger partial charge in [0.05, 0.1) is 11.5 Å². The van der Waals surface area contributed by atoms with Crippen molar-refractivity contribution in [3.05, 3.63) is 29.3 Å². The first kappa shape index (κ1) is 28.3. The van der Waals surface area contributed by atoms with Gasteiger partial charge in [-0.15, -0.1) is 4.83 Å². The summed E-state index contributed by atoms with van der Waals surface area (Å²) in [6, 6.07) is 6.80. The predicted octanol–water partition coefficient (Wildman–Crippen LogP) is 2.66. The van der Waals surface area contributed by atoms with E-state index in [0.717, 1.165) is 54.6 Å². The van der Waals surface area contributed by atoms with Crippen LogP contribution in [0.1, 0.15) is 77.3 Å². The molecule has 1 aromatic rings. The van der Waals surface area contributed by atoms with Crippen LogP contribution in [0.3, 0.4) is 0 Å². The predicted molar refractivity (Wildman–Crippen MR) is 145 cm³/mol. The molecule has 1 saturated heterocycles. The zero-order chi connectivity index (χ0) is 26.8. The van der Waals surface area contributed by atoms with E-state index in [4.69, 9.17) is 9.88 Å². The normalized spacial score (nSPS) is 24.6. The van der Waals surface area contributed by atoms with Gasteiger partial charge >= 0.3 is 0 Å². The highest BCUT2D eigenvalue weighted by Gasteiger charge is 2.49. The zero-order valence-corrected chi connectivity index (χ0v) is 23.6. The number of ether oxygens (including phenoxy) is 1. The van der Waals surface area contributed by atoms with Gasteiger partial charge in [-0.25, -0.2) is 10.6 Å². The van der Waals surface area contributed by atoms with E-state index < -0.39 is 15.6 Å². The molecule has 2 heterocycles. The summed E-state index contributed by atoms with van der Waals surface area (Å²) < 4.78 is 28.4. The minimum Gasteiger partial charge on any atom is -0.491 e. The van der Waals surface area contributed by atoms with Crippen LogP contribution >= 0.6 is 0 Å². The summed E-state index contributed by atoms with van der Waals surface area (Å²) in [6.45, 7) is 11.7. The van der Waals surface area contributed by atoms with E-state index in [1.165, 1.54) is 25.7 Å². The van der Waals surface area contributed by atoms with Crippen molar-refractivity contribution in [3.8, 4) is 5.75 Å². The van der Waals surface area contributed by atoms with Crippen LogP contribution in [0, 0.1) is 11.8 Å². The van der Waals surface area contributed by atoms with E-state index >= 15 is 0 Å². The molecule has 37 heavy (non-hydrogen) atoms. The van der Waals surface area contributed by atoms with Crippen LogP contribution in [0.4, 0.5) is 0 Å². The highest BCUT2D eigenvalue weighted by molar-refractivity contribution is 7.87. The molecule has 4 N–H and O–H groups in total. The summed E-state index contributed by atoms with van der Waals surface area (Å²) in [4.78, 5) is 20.6. The Balaban J connectivity index is 1.50. The van der Waals surface area contributed by atoms with Gasteiger partial charge in [0.15, 0.2) is 0 Å². The van der Waals surface area contributed by atoms with Gasteiger partial charge in [0.25, 0.3) is 10.2 Å². The monoisotopic (exact) mass is 535 g/mol. The van der Waals surface area contributed by atoms with Crippen LogP contribution in [0.2, 0.25) is 0 Å². The van der Waals surface area contributed by atoms with Crippen molar-refractivity contribution >= 4 is 16.1 Å². The number of hydrazine groups is 1. The number of fused-ring (bicyclic) bond motifs is 2. The number of likely N-dealkylation sites (tertiary alicyclic amines) is 1. The fourth-order valence-electron chi connectivity index (χ4n) is 6.62. The number of amides is 1. The number of piperidine rings is 1. The number of rotatable bonds is 9. The third kappa shape index (κ3) is 6.65. The van der Waals surface area contributed by atoms with E-state index in [-0.39, 0.29) is 18.6 Å². The first-order valence-electron chi connectivity index (χ1n) is 13.8. The molecule has 208 valence electrons. The van der Waals surface area contributed by atoms with Crippen molar-refractivity contribution in [3.63, 3.8) is 0 Å². The molecule has 0 radical (unpaired) electrons. The molecule has 1 aromatic carbocycles. The Kier molecular flexibility index (Phi) is 8.85. The fraction of sp³-hybridized carbons (Fsp3) is 0.741. The maximum Gasteiger partial charge on any atom is 0.287 e. The number of nitrogens with one attached hydrogen (secondary N) is 2. The second kappa shape index (κ2) is 11.6. The number of hydrogen-bond acceptors (Lipinski definition) is 6. The van der Waals surface area contributed by atoms with Crippen LogP contribution < -0.4 is 20.1 Å². The number of carbonyl (C=O) groups is 1. The molecule has 1 amide bonds. The molecule has 1 spiro atoms. The lowest BCUT2D eigenvalue weighted by Gasteiger charge is -2.49. The Morgan fingerprint density at radius 1 is 1.11 bits per heavy atom. The highest BCUT2D eigenvalue weighted by Crippen LogP contribution is 2.45. The Morgan fingerprint density at radius 2 is 1.78 bits per heavy atom. The summed E-state index contributed by atoms with van der Waals surface area (Å²) >= 11 is 0. The lowest BCUT2D eigenvalue weighted by molar-refractivity contribution is -0.142. The molecular formula is C27H45N5O4S. The number of nitrogens with zero attached hydrogens (tertiary/aromatic N) is 2. The number of benzene rings is 1. The van der Waals surface area contributed by atoms with Gasteiger partial charge in [-0.05, 0) is 101 Å². The SMILES string of the molecule is CC(C)Oc1ccc2c(c1)CN(CCNNS(N)(=O)=O)C(=O)C21CCN(C2CCC(C(C)C)CC2)CC1. The Morgan fingerprint density at radius 3 is 2.38 bits per heavy atom. The van der Waals surface area contributed by atoms with Crippen molar-refractivity contribution in [1.82, 2.24) is 20.1 Å². The number of hydrogen-bond donors (Lipinski definition) is 3. The van der Waals surface area contributed by atoms with Crippen molar-refractivity contribution in [2.75, 3.05) is 26.2 Å². The minimum atomic E-state index is -3.85. The topological polar surface area (TPSA) is 117 Å². The second-order valence-corrected chi connectivity index (χ2v) is 13.0. The van der Waals surface area contributed by atoms with Gasteiger partial charge in [0.2, 0.25) is 5.91 Å². The first-order valence-corrected chi connectivity index (χ1v) is 15.4. The molecule has 1 saturated carbocycles. The zero-order valence-electron chi connectivity index (χ0n) is 22.8. The molecule has 4 rings (SSSR count). The lowest BCUT2D eigenvalue weighted by atomic mass is 9.67. The van der Waals surface area contributed by atoms with E-state index in [2.05, 4.69) is 41.1 Å². The first-order chi connectivity index (χ1) is 17.5. The van der Waals surface area contributed by atoms with E-state index in [1.54, 1.807) is 0 Å². The quantitative estimate of drug-likeness (QED) is 0.331. The van der Waals surface area contributed by atoms with Gasteiger partial charge in [0.1, 0.15) is 5.75 Å². The molecule has 0 aromatic heterocycles. The maximum absolute atomic E-state index is 14.0. The summed E-state index contributed by atoms with van der Waals surface area (Å²) in [5.41, 5.74) is 4.31. The molecule has 9 nitrogen and oxygen atoms in total. The van der Waals surface area contributed by atoms with Gasteiger partial charge in [-0.2, -0.15) is 8.42 Å². The smallest absolute Gasteiger partial charge is 0.287 e. The summed E-state index contributed by atoms with van der Waals surface area (Å²) in [7, 11) is -3.85. The van der Waals surface area contributed by atoms with Crippen molar-refractivity contribution in [2.45, 2.75) is 90.3 Å². The molecule has 0 bridgehead atoms. The number of carbonyl (C=O) groups excluding carboxylic acids is 1. The van der Waals surface area contributed by atoms with Crippen molar-refractivity contribution in [2.24, 2.45) is 17.0 Å². The average Bonchev–Trinajstić information content (AvgIpc) is 2.84. The summed E-state index contributed by atoms with van der Waals surface area (Å²) in [5, 5.41) is 5.01. The second-order valence-electron chi connectivity index (χ2n) is 11.7. The van der Waals surface area contributed by atoms with Crippen LogP contribution in [0.5, 0.6) is 5.75 Å². The Hall–Kier alpha value is -1.72. The Bertz CT molecular complexity index is 1040. The summed E-state index contributed by atoms with van der Waals surface area (Å²) in [5.74, 6) is 2.55. The average molecular weight is 536 g/mol. The lowest BCUT2D eigenvalue weighted by Crippen LogP contribution is -2.58. The molecule has 3 aliphatic rings. The standard InChI is InChI=1S/C27H45N5O4S/c1-19(2)21-5-7-23(8-6-21)31-14-11-27(12-15-31)25-10-9-24(36-20(3)4)17-22(25)18-32(26(27)33)16-13-29-30-37(28,34)35/h9-10,17,19-21,23,29-30H,5-8,11-16,18H2,1-4H3,(H2,28,34,35). The molecule has 2 fully saturated rings. The number of nitrogens with two attached hydrogens (primary N) is 1. The fourth-order valence-corrected chi connectivity index (χ4v) is 6.92. The summed E-state index contributed by atoms with van der Waals surface area (Å²) in [6.07, 6.45) is 6.78. The van der Waals surface area contributed by atoms with Gasteiger partial charge in [-0.1, -0.05) is 19.9 Å². The third-order valence-electron chi connectivity index (χ3n) is 8.60. The third-order valence-corrected chi connectivity index (χ3v) is 9.02. The molecule has 2 aliphatic heterocycles. The Labute approximate surface area is 222 Å². The highest BCUT2D eigenvalue weighted by atomic mass is 32.2. The minimum absolute atomic E-state index is 0.0656. The van der Waals surface area contributed by atoms with Crippen LogP contribution in [0.15, 0.2) is 18.2 Å². The van der Waals surface area contributed by atoms with E-state index in [0.29, 0.717) is 19.1 Å². The van der Waals surface area contributed by atoms with Crippen LogP contribution in [-0.2, 0) is 27.0 Å². The largest absolute Gasteiger partial charge is 0.491 e. The molecule has 1 aliphatic carbocycles. The van der Waals surface area contributed by atoms with Gasteiger partial charge in [0, 0.05) is 25.7 Å². The van der Waals surface area contributed by atoms with Crippen LogP contribution in [0.25, 0.3) is 0 Å². The maximum atomic E-state index is 14.0. The molecule has 0 unspecified atom stereocenters. The molecular weight excluding hydrogens is 490 g/mol. The van der Waals surface area contributed by atoms with Crippen molar-refractivity contribution < 1.29 is 17.9 Å². The van der Waals surface area contributed by atoms with E-state index in [9.17, 15) is 13.2 Å². The van der Waals surface area contributed by atoms with Gasteiger partial charge < -0.3 is 14.5 Å².